The molecule has 0 fully saturated rings. The molecule has 0 saturated carbocycles. The van der Waals surface area contributed by atoms with E-state index in [1.165, 1.54) is 19.2 Å². The minimum Gasteiger partial charge on any atom is -0.493 e. The fraction of sp³-hybridized carbons (Fsp3) is 0.273. The number of hydrogen-bond donors (Lipinski definition) is 1. The summed E-state index contributed by atoms with van der Waals surface area (Å²) in [7, 11) is 1.43. The molecule has 0 heterocycles. The molecule has 5 nitrogen and oxygen atoms in total. The van der Waals surface area contributed by atoms with Crippen molar-refractivity contribution in [3.05, 3.63) is 22.7 Å². The first kappa shape index (κ1) is 13.3. The average molecular weight is 258 g/mol. The first-order valence-electron chi connectivity index (χ1n) is 4.82. The molecule has 2 N–H and O–H groups in total. The third-order valence-electron chi connectivity index (χ3n) is 1.99. The zero-order valence-electron chi connectivity index (χ0n) is 9.23. The first-order chi connectivity index (χ1) is 8.08. The third kappa shape index (κ3) is 3.64. The van der Waals surface area contributed by atoms with E-state index in [1.807, 2.05) is 0 Å². The molecule has 17 heavy (non-hydrogen) atoms. The molecule has 6 heteroatoms. The second-order valence-corrected chi connectivity index (χ2v) is 3.65. The second kappa shape index (κ2) is 6.10. The predicted octanol–water partition coefficient (Wildman–Crippen LogP) is 1.42. The lowest BCUT2D eigenvalue weighted by Gasteiger charge is -2.12. The number of ether oxygens (including phenoxy) is 2. The van der Waals surface area contributed by atoms with Gasteiger partial charge in [0.2, 0.25) is 5.91 Å². The standard InChI is InChI=1S/C11H12ClNO4/c1-16-9-5-8(12)4-7(6-14)11(9)17-3-2-10(13)15/h4-6H,2-3H2,1H3,(H2,13,15). The number of nitrogens with two attached hydrogens (primary N) is 1. The largest absolute Gasteiger partial charge is 0.493 e. The van der Waals surface area contributed by atoms with Gasteiger partial charge < -0.3 is 15.2 Å². The molecule has 92 valence electrons. The Morgan fingerprint density at radius 1 is 1.53 bits per heavy atom. The number of rotatable bonds is 6. The van der Waals surface area contributed by atoms with E-state index < -0.39 is 5.91 Å². The van der Waals surface area contributed by atoms with Crippen LogP contribution in [-0.2, 0) is 4.79 Å². The molecular weight excluding hydrogens is 246 g/mol. The average Bonchev–Trinajstić information content (AvgIpc) is 2.29. The monoisotopic (exact) mass is 257 g/mol. The summed E-state index contributed by atoms with van der Waals surface area (Å²) < 4.78 is 10.3. The van der Waals surface area contributed by atoms with E-state index in [0.29, 0.717) is 17.1 Å². The van der Waals surface area contributed by atoms with E-state index in [0.717, 1.165) is 0 Å². The maximum atomic E-state index is 10.9. The number of amides is 1. The molecule has 0 aliphatic rings. The van der Waals surface area contributed by atoms with Crippen LogP contribution in [0.2, 0.25) is 5.02 Å². The highest BCUT2D eigenvalue weighted by atomic mass is 35.5. The van der Waals surface area contributed by atoms with Gasteiger partial charge in [-0.25, -0.2) is 0 Å². The number of benzene rings is 1. The van der Waals surface area contributed by atoms with Gasteiger partial charge in [0.25, 0.3) is 0 Å². The summed E-state index contributed by atoms with van der Waals surface area (Å²) in [5.41, 5.74) is 5.24. The van der Waals surface area contributed by atoms with Crippen molar-refractivity contribution in [3.8, 4) is 11.5 Å². The Kier molecular flexibility index (Phi) is 4.78. The number of methoxy groups -OCH3 is 1. The van der Waals surface area contributed by atoms with Gasteiger partial charge in [0, 0.05) is 11.1 Å². The Labute approximate surface area is 103 Å². The number of primary amides is 1. The lowest BCUT2D eigenvalue weighted by atomic mass is 10.2. The normalized spacial score (nSPS) is 9.76. The molecule has 0 saturated heterocycles. The quantitative estimate of drug-likeness (QED) is 0.782. The van der Waals surface area contributed by atoms with Crippen molar-refractivity contribution in [2.24, 2.45) is 5.73 Å². The molecule has 1 amide bonds. The van der Waals surface area contributed by atoms with E-state index >= 15 is 0 Å². The highest BCUT2D eigenvalue weighted by Crippen LogP contribution is 2.33. The summed E-state index contributed by atoms with van der Waals surface area (Å²) in [5, 5.41) is 0.367. The lowest BCUT2D eigenvalue weighted by molar-refractivity contribution is -0.118. The van der Waals surface area contributed by atoms with E-state index in [4.69, 9.17) is 26.8 Å². The fourth-order valence-electron chi connectivity index (χ4n) is 1.24. The van der Waals surface area contributed by atoms with Crippen LogP contribution < -0.4 is 15.2 Å². The van der Waals surface area contributed by atoms with Crippen LogP contribution >= 0.6 is 11.6 Å². The lowest BCUT2D eigenvalue weighted by Crippen LogP contribution is -2.15. The smallest absolute Gasteiger partial charge is 0.220 e. The summed E-state index contributed by atoms with van der Waals surface area (Å²) in [6, 6.07) is 2.98. The van der Waals surface area contributed by atoms with E-state index in [9.17, 15) is 9.59 Å². The summed E-state index contributed by atoms with van der Waals surface area (Å²) in [6.45, 7) is 0.0775. The number of carbonyl (C=O) groups excluding carboxylic acids is 2. The van der Waals surface area contributed by atoms with Gasteiger partial charge in [-0.2, -0.15) is 0 Å². The van der Waals surface area contributed by atoms with Crippen LogP contribution in [0.15, 0.2) is 12.1 Å². The third-order valence-corrected chi connectivity index (χ3v) is 2.21. The molecule has 0 atom stereocenters. The molecule has 0 radical (unpaired) electrons. The summed E-state index contributed by atoms with van der Waals surface area (Å²) in [4.78, 5) is 21.4. The van der Waals surface area contributed by atoms with Gasteiger partial charge in [0.15, 0.2) is 17.8 Å². The SMILES string of the molecule is COc1cc(Cl)cc(C=O)c1OCCC(N)=O. The highest BCUT2D eigenvalue weighted by Gasteiger charge is 2.12. The Hall–Kier alpha value is -1.75. The maximum absolute atomic E-state index is 10.9. The van der Waals surface area contributed by atoms with E-state index in [-0.39, 0.29) is 24.3 Å². The van der Waals surface area contributed by atoms with Gasteiger partial charge in [-0.15, -0.1) is 0 Å². The second-order valence-electron chi connectivity index (χ2n) is 3.21. The molecule has 0 bridgehead atoms. The predicted molar refractivity (Wildman–Crippen MR) is 62.7 cm³/mol. The van der Waals surface area contributed by atoms with Crippen molar-refractivity contribution in [2.75, 3.05) is 13.7 Å². The van der Waals surface area contributed by atoms with Crippen LogP contribution in [0.25, 0.3) is 0 Å². The van der Waals surface area contributed by atoms with Crippen molar-refractivity contribution in [1.29, 1.82) is 0 Å². The topological polar surface area (TPSA) is 78.6 Å². The zero-order chi connectivity index (χ0) is 12.8. The number of hydrogen-bond acceptors (Lipinski definition) is 4. The van der Waals surface area contributed by atoms with Crippen LogP contribution in [0.5, 0.6) is 11.5 Å². The zero-order valence-corrected chi connectivity index (χ0v) is 9.99. The van der Waals surface area contributed by atoms with Gasteiger partial charge in [-0.05, 0) is 6.07 Å². The summed E-state index contributed by atoms with van der Waals surface area (Å²) in [5.74, 6) is 0.114. The number of carbonyl (C=O) groups is 2. The van der Waals surface area contributed by atoms with Gasteiger partial charge >= 0.3 is 0 Å². The van der Waals surface area contributed by atoms with Crippen molar-refractivity contribution in [1.82, 2.24) is 0 Å². The Bertz CT molecular complexity index is 434. The van der Waals surface area contributed by atoms with Gasteiger partial charge in [-0.1, -0.05) is 11.6 Å². The molecule has 0 aliphatic heterocycles. The van der Waals surface area contributed by atoms with Gasteiger partial charge in [0.05, 0.1) is 25.7 Å². The van der Waals surface area contributed by atoms with Crippen LogP contribution in [0.3, 0.4) is 0 Å². The molecule has 1 rings (SSSR count). The van der Waals surface area contributed by atoms with Crippen molar-refractivity contribution < 1.29 is 19.1 Å². The minimum atomic E-state index is -0.481. The van der Waals surface area contributed by atoms with Gasteiger partial charge in [0.1, 0.15) is 0 Å². The Balaban J connectivity index is 2.94. The molecule has 1 aromatic rings. The molecule has 0 aliphatic carbocycles. The van der Waals surface area contributed by atoms with E-state index in [2.05, 4.69) is 0 Å². The molecule has 0 aromatic heterocycles. The highest BCUT2D eigenvalue weighted by molar-refractivity contribution is 6.31. The molecule has 0 unspecified atom stereocenters. The summed E-state index contributed by atoms with van der Waals surface area (Å²) in [6.07, 6.45) is 0.665. The first-order valence-corrected chi connectivity index (χ1v) is 5.20. The molecule has 1 aromatic carbocycles. The van der Waals surface area contributed by atoms with Crippen molar-refractivity contribution in [2.45, 2.75) is 6.42 Å². The minimum absolute atomic E-state index is 0.0596. The fourth-order valence-corrected chi connectivity index (χ4v) is 1.45. The van der Waals surface area contributed by atoms with Crippen LogP contribution in [-0.4, -0.2) is 25.9 Å². The molecule has 0 spiro atoms. The van der Waals surface area contributed by atoms with Gasteiger partial charge in [-0.3, -0.25) is 9.59 Å². The molecular formula is C11H12ClNO4. The number of halogens is 1. The van der Waals surface area contributed by atoms with Crippen LogP contribution in [0, 0.1) is 0 Å². The maximum Gasteiger partial charge on any atom is 0.220 e. The summed E-state index contributed by atoms with van der Waals surface area (Å²) >= 11 is 5.80. The van der Waals surface area contributed by atoms with Crippen LogP contribution in [0.1, 0.15) is 16.8 Å². The van der Waals surface area contributed by atoms with Crippen LogP contribution in [0.4, 0.5) is 0 Å². The number of aldehydes is 1. The Morgan fingerprint density at radius 3 is 2.76 bits per heavy atom. The van der Waals surface area contributed by atoms with Crippen molar-refractivity contribution >= 4 is 23.8 Å². The Morgan fingerprint density at radius 2 is 2.24 bits per heavy atom. The van der Waals surface area contributed by atoms with Crippen molar-refractivity contribution in [3.63, 3.8) is 0 Å². The van der Waals surface area contributed by atoms with E-state index in [1.54, 1.807) is 0 Å².